The van der Waals surface area contributed by atoms with Gasteiger partial charge in [0.25, 0.3) is 5.91 Å². The van der Waals surface area contributed by atoms with E-state index in [1.54, 1.807) is 12.4 Å². The first-order valence-corrected chi connectivity index (χ1v) is 7.83. The van der Waals surface area contributed by atoms with E-state index in [0.29, 0.717) is 10.6 Å². The van der Waals surface area contributed by atoms with E-state index in [4.69, 9.17) is 11.6 Å². The number of carbonyl (C=O) groups is 1. The highest BCUT2D eigenvalue weighted by molar-refractivity contribution is 6.30. The van der Waals surface area contributed by atoms with E-state index in [-0.39, 0.29) is 5.91 Å². The molecular weight excluding hydrogens is 298 g/mol. The Morgan fingerprint density at radius 1 is 1.09 bits per heavy atom. The van der Waals surface area contributed by atoms with Gasteiger partial charge >= 0.3 is 0 Å². The summed E-state index contributed by atoms with van der Waals surface area (Å²) in [6.45, 7) is 3.34. The minimum atomic E-state index is 0.0482. The van der Waals surface area contributed by atoms with E-state index in [1.165, 1.54) is 0 Å². The summed E-state index contributed by atoms with van der Waals surface area (Å²) < 4.78 is 0. The molecule has 0 bridgehead atoms. The van der Waals surface area contributed by atoms with Gasteiger partial charge in [-0.1, -0.05) is 23.7 Å². The Balaban J connectivity index is 1.83. The number of carbonyl (C=O) groups excluding carboxylic acids is 1. The van der Waals surface area contributed by atoms with Gasteiger partial charge in [-0.05, 0) is 36.7 Å². The zero-order valence-electron chi connectivity index (χ0n) is 12.3. The second kappa shape index (κ2) is 6.90. The quantitative estimate of drug-likeness (QED) is 0.927. The molecule has 1 aromatic carbocycles. The Kier molecular flexibility index (Phi) is 4.71. The van der Waals surface area contributed by atoms with Gasteiger partial charge in [0.05, 0.1) is 5.56 Å². The van der Waals surface area contributed by atoms with Crippen LogP contribution >= 0.6 is 11.6 Å². The van der Waals surface area contributed by atoms with Crippen LogP contribution in [0.2, 0.25) is 5.02 Å². The van der Waals surface area contributed by atoms with Crippen LogP contribution in [-0.2, 0) is 0 Å². The van der Waals surface area contributed by atoms with Crippen molar-refractivity contribution >= 4 is 17.5 Å². The predicted octanol–water partition coefficient (Wildman–Crippen LogP) is 2.84. The summed E-state index contributed by atoms with van der Waals surface area (Å²) in [6, 6.07) is 9.45. The monoisotopic (exact) mass is 315 g/mol. The summed E-state index contributed by atoms with van der Waals surface area (Å²) in [5, 5.41) is 4.00. The van der Waals surface area contributed by atoms with Gasteiger partial charge in [0, 0.05) is 42.6 Å². The number of benzene rings is 1. The molecule has 1 N–H and O–H groups in total. The second-order valence-corrected chi connectivity index (χ2v) is 5.80. The largest absolute Gasteiger partial charge is 0.337 e. The van der Waals surface area contributed by atoms with Crippen molar-refractivity contribution in [1.29, 1.82) is 0 Å². The summed E-state index contributed by atoms with van der Waals surface area (Å²) >= 11 is 5.92. The van der Waals surface area contributed by atoms with Gasteiger partial charge in [-0.25, -0.2) is 0 Å². The molecule has 0 unspecified atom stereocenters. The van der Waals surface area contributed by atoms with Gasteiger partial charge in [-0.15, -0.1) is 0 Å². The van der Waals surface area contributed by atoms with E-state index >= 15 is 0 Å². The van der Waals surface area contributed by atoms with Gasteiger partial charge in [-0.3, -0.25) is 9.78 Å². The number of halogens is 1. The maximum Gasteiger partial charge on any atom is 0.255 e. The minimum Gasteiger partial charge on any atom is -0.337 e. The molecule has 1 aliphatic rings. The van der Waals surface area contributed by atoms with Crippen LogP contribution in [0.15, 0.2) is 42.7 Å². The Hall–Kier alpha value is -1.91. The van der Waals surface area contributed by atoms with Crippen molar-refractivity contribution in [1.82, 2.24) is 15.2 Å². The smallest absolute Gasteiger partial charge is 0.255 e. The van der Waals surface area contributed by atoms with Gasteiger partial charge in [0.15, 0.2) is 0 Å². The molecular formula is C17H18ClN3O. The average molecular weight is 316 g/mol. The first-order chi connectivity index (χ1) is 10.7. The Morgan fingerprint density at radius 3 is 2.73 bits per heavy atom. The van der Waals surface area contributed by atoms with Crippen molar-refractivity contribution in [2.75, 3.05) is 26.2 Å². The standard InChI is InChI=1S/C17H18ClN3O/c18-16-4-2-13(3-5-16)14-10-15(12-20-11-14)17(22)21-8-1-6-19-7-9-21/h2-5,10-12,19H,1,6-9H2. The normalized spacial score (nSPS) is 15.4. The molecule has 1 amide bonds. The first-order valence-electron chi connectivity index (χ1n) is 7.45. The van der Waals surface area contributed by atoms with Gasteiger partial charge in [-0.2, -0.15) is 0 Å². The highest BCUT2D eigenvalue weighted by Crippen LogP contribution is 2.22. The molecule has 3 rings (SSSR count). The molecule has 0 saturated carbocycles. The van der Waals surface area contributed by atoms with Crippen LogP contribution in [0.3, 0.4) is 0 Å². The van der Waals surface area contributed by atoms with Crippen LogP contribution in [0, 0.1) is 0 Å². The highest BCUT2D eigenvalue weighted by atomic mass is 35.5. The molecule has 5 heteroatoms. The van der Waals surface area contributed by atoms with E-state index < -0.39 is 0 Å². The van der Waals surface area contributed by atoms with Gasteiger partial charge in [0.1, 0.15) is 0 Å². The van der Waals surface area contributed by atoms with Crippen molar-refractivity contribution in [2.24, 2.45) is 0 Å². The van der Waals surface area contributed by atoms with Crippen LogP contribution in [-0.4, -0.2) is 42.0 Å². The van der Waals surface area contributed by atoms with Crippen molar-refractivity contribution in [3.8, 4) is 11.1 Å². The fourth-order valence-corrected chi connectivity index (χ4v) is 2.71. The van der Waals surface area contributed by atoms with Gasteiger partial charge < -0.3 is 10.2 Å². The molecule has 0 atom stereocenters. The predicted molar refractivity (Wildman–Crippen MR) is 88.1 cm³/mol. The third-order valence-corrected chi connectivity index (χ3v) is 4.04. The lowest BCUT2D eigenvalue weighted by molar-refractivity contribution is 0.0766. The van der Waals surface area contributed by atoms with E-state index in [1.807, 2.05) is 35.2 Å². The third kappa shape index (κ3) is 3.46. The molecule has 1 aliphatic heterocycles. The molecule has 2 heterocycles. The lowest BCUT2D eigenvalue weighted by Gasteiger charge is -2.20. The maximum atomic E-state index is 12.6. The molecule has 4 nitrogen and oxygen atoms in total. The summed E-state index contributed by atoms with van der Waals surface area (Å²) in [5.41, 5.74) is 2.56. The fraction of sp³-hybridized carbons (Fsp3) is 0.294. The maximum absolute atomic E-state index is 12.6. The van der Waals surface area contributed by atoms with Crippen LogP contribution in [0.1, 0.15) is 16.8 Å². The Bertz CT molecular complexity index is 649. The number of amides is 1. The zero-order chi connectivity index (χ0) is 15.4. The number of pyridine rings is 1. The average Bonchev–Trinajstić information content (AvgIpc) is 2.84. The van der Waals surface area contributed by atoms with E-state index in [9.17, 15) is 4.79 Å². The van der Waals surface area contributed by atoms with E-state index in [2.05, 4.69) is 10.3 Å². The lowest BCUT2D eigenvalue weighted by Crippen LogP contribution is -2.34. The highest BCUT2D eigenvalue weighted by Gasteiger charge is 2.17. The third-order valence-electron chi connectivity index (χ3n) is 3.79. The molecule has 0 spiro atoms. The molecule has 1 aromatic heterocycles. The number of hydrogen-bond donors (Lipinski definition) is 1. The molecule has 1 saturated heterocycles. The van der Waals surface area contributed by atoms with Crippen LogP contribution in [0.5, 0.6) is 0 Å². The molecule has 0 aliphatic carbocycles. The summed E-state index contributed by atoms with van der Waals surface area (Å²) in [4.78, 5) is 18.7. The van der Waals surface area contributed by atoms with Gasteiger partial charge in [0.2, 0.25) is 0 Å². The Morgan fingerprint density at radius 2 is 1.91 bits per heavy atom. The second-order valence-electron chi connectivity index (χ2n) is 5.36. The number of nitrogens with one attached hydrogen (secondary N) is 1. The van der Waals surface area contributed by atoms with E-state index in [0.717, 1.165) is 43.7 Å². The first kappa shape index (κ1) is 15.0. The fourth-order valence-electron chi connectivity index (χ4n) is 2.59. The number of aromatic nitrogens is 1. The molecule has 114 valence electrons. The van der Waals surface area contributed by atoms with Crippen molar-refractivity contribution < 1.29 is 4.79 Å². The lowest BCUT2D eigenvalue weighted by atomic mass is 10.1. The number of nitrogens with zero attached hydrogens (tertiary/aromatic N) is 2. The Labute approximate surface area is 135 Å². The minimum absolute atomic E-state index is 0.0482. The van der Waals surface area contributed by atoms with Crippen molar-refractivity contribution in [3.63, 3.8) is 0 Å². The van der Waals surface area contributed by atoms with Crippen LogP contribution in [0.4, 0.5) is 0 Å². The van der Waals surface area contributed by atoms with Crippen molar-refractivity contribution in [2.45, 2.75) is 6.42 Å². The molecule has 1 fully saturated rings. The topological polar surface area (TPSA) is 45.2 Å². The SMILES string of the molecule is O=C(c1cncc(-c2ccc(Cl)cc2)c1)N1CCCNCC1. The van der Waals surface area contributed by atoms with Crippen LogP contribution in [0.25, 0.3) is 11.1 Å². The van der Waals surface area contributed by atoms with Crippen molar-refractivity contribution in [3.05, 3.63) is 53.3 Å². The zero-order valence-corrected chi connectivity index (χ0v) is 13.0. The summed E-state index contributed by atoms with van der Waals surface area (Å²) in [6.07, 6.45) is 4.39. The summed E-state index contributed by atoms with van der Waals surface area (Å²) in [5.74, 6) is 0.0482. The number of hydrogen-bond acceptors (Lipinski definition) is 3. The molecule has 22 heavy (non-hydrogen) atoms. The molecule has 2 aromatic rings. The summed E-state index contributed by atoms with van der Waals surface area (Å²) in [7, 11) is 0. The number of rotatable bonds is 2. The molecule has 0 radical (unpaired) electrons. The van der Waals surface area contributed by atoms with Crippen LogP contribution < -0.4 is 5.32 Å².